The molecule has 108 valence electrons. The van der Waals surface area contributed by atoms with E-state index in [2.05, 4.69) is 0 Å². The molecule has 2 unspecified atom stereocenters. The first-order chi connectivity index (χ1) is 9.68. The maximum absolute atomic E-state index is 12.7. The van der Waals surface area contributed by atoms with Crippen molar-refractivity contribution in [1.82, 2.24) is 4.90 Å². The number of aryl methyl sites for hydroxylation is 1. The Kier molecular flexibility index (Phi) is 4.00. The number of thioether (sulfide) groups is 1. The average Bonchev–Trinajstić information content (AvgIpc) is 2.94. The second kappa shape index (κ2) is 5.75. The first-order valence-electron chi connectivity index (χ1n) is 6.47. The van der Waals surface area contributed by atoms with Crippen molar-refractivity contribution in [2.45, 2.75) is 17.7 Å². The average molecular weight is 313 g/mol. The number of carboxylic acids is 1. The summed E-state index contributed by atoms with van der Waals surface area (Å²) in [5.41, 5.74) is 1.06. The summed E-state index contributed by atoms with van der Waals surface area (Å²) in [4.78, 5) is 26.7. The summed E-state index contributed by atoms with van der Waals surface area (Å²) in [7, 11) is 0. The van der Waals surface area contributed by atoms with Crippen molar-refractivity contribution < 1.29 is 19.4 Å². The predicted molar refractivity (Wildman–Crippen MR) is 77.2 cm³/mol. The van der Waals surface area contributed by atoms with Gasteiger partial charge < -0.3 is 14.7 Å². The molecule has 3 rings (SSSR count). The Bertz CT molecular complexity index is 530. The number of carboxylic acid groups (broad SMARTS) is 1. The molecule has 1 N–H and O–H groups in total. The summed E-state index contributed by atoms with van der Waals surface area (Å²) < 4.78 is 5.19. The lowest BCUT2D eigenvalue weighted by atomic mass is 10.1. The van der Waals surface area contributed by atoms with Crippen molar-refractivity contribution in [2.75, 3.05) is 25.5 Å². The van der Waals surface area contributed by atoms with Crippen molar-refractivity contribution in [3.8, 4) is 0 Å². The predicted octanol–water partition coefficient (Wildman–Crippen LogP) is 1.39. The van der Waals surface area contributed by atoms with E-state index in [-0.39, 0.29) is 17.8 Å². The van der Waals surface area contributed by atoms with Gasteiger partial charge in [-0.2, -0.15) is 0 Å². The molecule has 1 aromatic rings. The van der Waals surface area contributed by atoms with Crippen LogP contribution in [-0.2, 0) is 20.7 Å². The second-order valence-corrected chi connectivity index (χ2v) is 6.97. The Labute approximate surface area is 124 Å². The Hall–Kier alpha value is -1.05. The smallest absolute Gasteiger partial charge is 0.328 e. The number of rotatable bonds is 2. The SMILES string of the molecule is O=C(O)C1COCCN1C(=O)C1SCCc2sccc21. The highest BCUT2D eigenvalue weighted by Crippen LogP contribution is 2.40. The molecule has 1 saturated heterocycles. The van der Waals surface area contributed by atoms with Gasteiger partial charge in [-0.05, 0) is 29.2 Å². The van der Waals surface area contributed by atoms with E-state index in [0.29, 0.717) is 13.2 Å². The molecular weight excluding hydrogens is 298 g/mol. The van der Waals surface area contributed by atoms with E-state index in [1.54, 1.807) is 23.1 Å². The van der Waals surface area contributed by atoms with Gasteiger partial charge in [-0.1, -0.05) is 0 Å². The first kappa shape index (κ1) is 13.9. The van der Waals surface area contributed by atoms with E-state index in [1.165, 1.54) is 9.78 Å². The van der Waals surface area contributed by atoms with Crippen molar-refractivity contribution in [3.05, 3.63) is 21.9 Å². The van der Waals surface area contributed by atoms with Crippen LogP contribution in [0.3, 0.4) is 0 Å². The lowest BCUT2D eigenvalue weighted by Crippen LogP contribution is -2.53. The molecule has 0 aromatic carbocycles. The minimum Gasteiger partial charge on any atom is -0.480 e. The van der Waals surface area contributed by atoms with Gasteiger partial charge in [0.15, 0.2) is 6.04 Å². The van der Waals surface area contributed by atoms with Gasteiger partial charge in [0.2, 0.25) is 5.91 Å². The van der Waals surface area contributed by atoms with Gasteiger partial charge in [0, 0.05) is 11.4 Å². The van der Waals surface area contributed by atoms with Gasteiger partial charge in [0.05, 0.1) is 13.2 Å². The molecule has 5 nitrogen and oxygen atoms in total. The molecule has 0 aliphatic carbocycles. The quantitative estimate of drug-likeness (QED) is 0.894. The van der Waals surface area contributed by atoms with Gasteiger partial charge >= 0.3 is 5.97 Å². The highest BCUT2D eigenvalue weighted by Gasteiger charge is 2.38. The fourth-order valence-electron chi connectivity index (χ4n) is 2.57. The number of carbonyl (C=O) groups is 2. The number of amides is 1. The molecular formula is C13H15NO4S2. The van der Waals surface area contributed by atoms with Crippen molar-refractivity contribution in [1.29, 1.82) is 0 Å². The van der Waals surface area contributed by atoms with Crippen LogP contribution in [0.5, 0.6) is 0 Å². The molecule has 2 aliphatic heterocycles. The zero-order valence-corrected chi connectivity index (χ0v) is 12.4. The largest absolute Gasteiger partial charge is 0.480 e. The summed E-state index contributed by atoms with van der Waals surface area (Å²) in [6.07, 6.45) is 0.993. The third kappa shape index (κ3) is 2.45. The third-order valence-corrected chi connectivity index (χ3v) is 5.82. The Morgan fingerprint density at radius 3 is 3.10 bits per heavy atom. The van der Waals surface area contributed by atoms with E-state index in [0.717, 1.165) is 17.7 Å². The zero-order valence-electron chi connectivity index (χ0n) is 10.8. The van der Waals surface area contributed by atoms with Crippen LogP contribution >= 0.6 is 23.1 Å². The summed E-state index contributed by atoms with van der Waals surface area (Å²) in [5.74, 6) is -0.180. The molecule has 1 fully saturated rings. The van der Waals surface area contributed by atoms with Crippen LogP contribution < -0.4 is 0 Å². The van der Waals surface area contributed by atoms with Gasteiger partial charge in [-0.3, -0.25) is 4.79 Å². The van der Waals surface area contributed by atoms with Gasteiger partial charge in [0.1, 0.15) is 5.25 Å². The van der Waals surface area contributed by atoms with Crippen LogP contribution in [-0.4, -0.2) is 53.4 Å². The topological polar surface area (TPSA) is 66.8 Å². The summed E-state index contributed by atoms with van der Waals surface area (Å²) in [5, 5.41) is 11.0. The highest BCUT2D eigenvalue weighted by molar-refractivity contribution is 8.00. The van der Waals surface area contributed by atoms with Crippen molar-refractivity contribution >= 4 is 35.0 Å². The zero-order chi connectivity index (χ0) is 14.1. The van der Waals surface area contributed by atoms with Crippen molar-refractivity contribution in [2.24, 2.45) is 0 Å². The molecule has 2 atom stereocenters. The number of fused-ring (bicyclic) bond motifs is 1. The molecule has 1 aromatic heterocycles. The van der Waals surface area contributed by atoms with Gasteiger partial charge in [0.25, 0.3) is 0 Å². The highest BCUT2D eigenvalue weighted by atomic mass is 32.2. The molecule has 1 amide bonds. The number of hydrogen-bond acceptors (Lipinski definition) is 5. The molecule has 0 radical (unpaired) electrons. The molecule has 0 saturated carbocycles. The molecule has 0 bridgehead atoms. The normalized spacial score (nSPS) is 26.1. The van der Waals surface area contributed by atoms with E-state index in [1.807, 2.05) is 11.4 Å². The maximum atomic E-state index is 12.7. The number of ether oxygens (including phenoxy) is 1. The lowest BCUT2D eigenvalue weighted by molar-refractivity contribution is -0.158. The van der Waals surface area contributed by atoms with Crippen molar-refractivity contribution in [3.63, 3.8) is 0 Å². The molecule has 20 heavy (non-hydrogen) atoms. The lowest BCUT2D eigenvalue weighted by Gasteiger charge is -2.36. The number of carbonyl (C=O) groups excluding carboxylic acids is 1. The van der Waals surface area contributed by atoms with E-state index in [4.69, 9.17) is 4.74 Å². The number of thiophene rings is 1. The molecule has 0 spiro atoms. The summed E-state index contributed by atoms with van der Waals surface area (Å²) in [6.45, 7) is 0.838. The fraction of sp³-hybridized carbons (Fsp3) is 0.538. The Balaban J connectivity index is 1.84. The Morgan fingerprint density at radius 2 is 2.30 bits per heavy atom. The first-order valence-corrected chi connectivity index (χ1v) is 8.40. The van der Waals surface area contributed by atoms with Crippen LogP contribution in [0, 0.1) is 0 Å². The van der Waals surface area contributed by atoms with E-state index < -0.39 is 12.0 Å². The van der Waals surface area contributed by atoms with Crippen LogP contribution in [0.2, 0.25) is 0 Å². The molecule has 3 heterocycles. The van der Waals surface area contributed by atoms with Gasteiger partial charge in [-0.25, -0.2) is 4.79 Å². The van der Waals surface area contributed by atoms with Crippen LogP contribution in [0.25, 0.3) is 0 Å². The number of hydrogen-bond donors (Lipinski definition) is 1. The maximum Gasteiger partial charge on any atom is 0.328 e. The fourth-order valence-corrected chi connectivity index (χ4v) is 4.93. The standard InChI is InChI=1S/C13H15NO4S2/c15-12(14-3-4-18-7-9(14)13(16)17)11-8-1-5-19-10(8)2-6-20-11/h1,5,9,11H,2-4,6-7H2,(H,16,17). The minimum absolute atomic E-state index is 0.0783. The number of aliphatic carboxylic acids is 1. The summed E-state index contributed by atoms with van der Waals surface area (Å²) >= 11 is 3.28. The number of nitrogens with zero attached hydrogens (tertiary/aromatic N) is 1. The monoisotopic (exact) mass is 313 g/mol. The Morgan fingerprint density at radius 1 is 1.45 bits per heavy atom. The summed E-state index contributed by atoms with van der Waals surface area (Å²) in [6, 6.07) is 1.13. The van der Waals surface area contributed by atoms with Crippen LogP contribution in [0.15, 0.2) is 11.4 Å². The van der Waals surface area contributed by atoms with Gasteiger partial charge in [-0.15, -0.1) is 23.1 Å². The molecule has 7 heteroatoms. The van der Waals surface area contributed by atoms with E-state index >= 15 is 0 Å². The minimum atomic E-state index is -0.996. The second-order valence-electron chi connectivity index (χ2n) is 4.76. The van der Waals surface area contributed by atoms with Crippen LogP contribution in [0.4, 0.5) is 0 Å². The number of morpholine rings is 1. The third-order valence-electron chi connectivity index (χ3n) is 3.60. The van der Waals surface area contributed by atoms with Crippen LogP contribution in [0.1, 0.15) is 15.7 Å². The van der Waals surface area contributed by atoms with E-state index in [9.17, 15) is 14.7 Å². The molecule has 2 aliphatic rings.